The number of halogens is 2. The van der Waals surface area contributed by atoms with Gasteiger partial charge in [-0.1, -0.05) is 47.5 Å². The van der Waals surface area contributed by atoms with Crippen LogP contribution in [0.2, 0.25) is 10.0 Å². The average Bonchev–Trinajstić information content (AvgIpc) is 2.83. The number of nitrogens with zero attached hydrogens (tertiary/aromatic N) is 1. The molecule has 0 saturated heterocycles. The van der Waals surface area contributed by atoms with Crippen LogP contribution in [0.5, 0.6) is 0 Å². The van der Waals surface area contributed by atoms with Crippen molar-refractivity contribution in [2.24, 2.45) is 0 Å². The largest absolute Gasteiger partial charge is 0.456 e. The highest BCUT2D eigenvalue weighted by Crippen LogP contribution is 2.34. The lowest BCUT2D eigenvalue weighted by Gasteiger charge is -2.12. The maximum Gasteiger partial charge on any atom is 0.303 e. The van der Waals surface area contributed by atoms with Crippen molar-refractivity contribution >= 4 is 63.1 Å². The standard InChI is InChI=1S/C26H19Cl2N3O4/c1-15(32)35-14-24(33)30-18-6-8-20(23(28)13-18)26(34)31-17-7-9-22(27)21(12-17)25-19-5-3-2-4-16(19)10-11-29-25/h2-13H,14H2,1H3,(H,30,33)(H,31,34). The Morgan fingerprint density at radius 2 is 1.63 bits per heavy atom. The molecule has 0 aliphatic carbocycles. The van der Waals surface area contributed by atoms with Gasteiger partial charge in [0.2, 0.25) is 0 Å². The number of carbonyl (C=O) groups is 3. The van der Waals surface area contributed by atoms with Gasteiger partial charge >= 0.3 is 5.97 Å². The van der Waals surface area contributed by atoms with E-state index in [2.05, 4.69) is 20.4 Å². The van der Waals surface area contributed by atoms with Crippen molar-refractivity contribution in [3.63, 3.8) is 0 Å². The molecule has 2 amide bonds. The first-order chi connectivity index (χ1) is 16.8. The van der Waals surface area contributed by atoms with Gasteiger partial charge < -0.3 is 15.4 Å². The number of hydrogen-bond donors (Lipinski definition) is 2. The third kappa shape index (κ3) is 5.77. The minimum absolute atomic E-state index is 0.137. The number of ether oxygens (including phenoxy) is 1. The van der Waals surface area contributed by atoms with Gasteiger partial charge in [-0.15, -0.1) is 0 Å². The Balaban J connectivity index is 1.54. The maximum atomic E-state index is 12.9. The van der Waals surface area contributed by atoms with Crippen LogP contribution in [-0.4, -0.2) is 29.4 Å². The van der Waals surface area contributed by atoms with Crippen LogP contribution in [0.3, 0.4) is 0 Å². The van der Waals surface area contributed by atoms with Crippen LogP contribution in [-0.2, 0) is 14.3 Å². The first kappa shape index (κ1) is 24.2. The Hall–Kier alpha value is -3.94. The molecule has 1 aromatic heterocycles. The molecule has 0 bridgehead atoms. The zero-order valence-electron chi connectivity index (χ0n) is 18.5. The summed E-state index contributed by atoms with van der Waals surface area (Å²) >= 11 is 12.8. The van der Waals surface area contributed by atoms with Gasteiger partial charge in [-0.25, -0.2) is 0 Å². The molecule has 0 unspecified atom stereocenters. The van der Waals surface area contributed by atoms with Crippen molar-refractivity contribution in [1.29, 1.82) is 0 Å². The molecule has 0 spiro atoms. The summed E-state index contributed by atoms with van der Waals surface area (Å²) in [5.41, 5.74) is 2.47. The first-order valence-electron chi connectivity index (χ1n) is 10.5. The van der Waals surface area contributed by atoms with Crippen molar-refractivity contribution < 1.29 is 19.1 Å². The minimum Gasteiger partial charge on any atom is -0.456 e. The van der Waals surface area contributed by atoms with E-state index in [0.717, 1.165) is 10.8 Å². The van der Waals surface area contributed by atoms with Crippen LogP contribution in [0, 0.1) is 0 Å². The smallest absolute Gasteiger partial charge is 0.303 e. The highest BCUT2D eigenvalue weighted by molar-refractivity contribution is 6.35. The van der Waals surface area contributed by atoms with E-state index < -0.39 is 24.4 Å². The van der Waals surface area contributed by atoms with Crippen LogP contribution < -0.4 is 10.6 Å². The van der Waals surface area contributed by atoms with Crippen LogP contribution in [0.25, 0.3) is 22.0 Å². The summed E-state index contributed by atoms with van der Waals surface area (Å²) in [5, 5.41) is 7.97. The number of fused-ring (bicyclic) bond motifs is 1. The molecule has 176 valence electrons. The van der Waals surface area contributed by atoms with Gasteiger partial charge in [0.1, 0.15) is 0 Å². The summed E-state index contributed by atoms with van der Waals surface area (Å²) in [5.74, 6) is -1.53. The Morgan fingerprint density at radius 1 is 0.886 bits per heavy atom. The van der Waals surface area contributed by atoms with E-state index >= 15 is 0 Å². The zero-order valence-corrected chi connectivity index (χ0v) is 20.0. The van der Waals surface area contributed by atoms with Crippen LogP contribution >= 0.6 is 23.2 Å². The van der Waals surface area contributed by atoms with Crippen molar-refractivity contribution in [2.75, 3.05) is 17.2 Å². The molecule has 7 nitrogen and oxygen atoms in total. The molecular weight excluding hydrogens is 489 g/mol. The highest BCUT2D eigenvalue weighted by Gasteiger charge is 2.15. The number of aromatic nitrogens is 1. The van der Waals surface area contributed by atoms with E-state index in [1.165, 1.54) is 25.1 Å². The number of pyridine rings is 1. The van der Waals surface area contributed by atoms with Gasteiger partial charge in [0.15, 0.2) is 6.61 Å². The number of rotatable bonds is 6. The molecule has 4 aromatic rings. The van der Waals surface area contributed by atoms with Gasteiger partial charge in [0.05, 0.1) is 21.3 Å². The molecule has 0 aliphatic heterocycles. The molecule has 0 radical (unpaired) electrons. The van der Waals surface area contributed by atoms with Crippen molar-refractivity contribution in [2.45, 2.75) is 6.92 Å². The number of carbonyl (C=O) groups excluding carboxylic acids is 3. The molecule has 1 heterocycles. The fourth-order valence-corrected chi connectivity index (χ4v) is 3.93. The Kier molecular flexibility index (Phi) is 7.29. The summed E-state index contributed by atoms with van der Waals surface area (Å²) in [4.78, 5) is 40.1. The average molecular weight is 508 g/mol. The normalized spacial score (nSPS) is 10.6. The summed E-state index contributed by atoms with van der Waals surface area (Å²) in [6.45, 7) is 0.791. The molecule has 0 aliphatic rings. The fraction of sp³-hybridized carbons (Fsp3) is 0.0769. The number of anilines is 2. The lowest BCUT2D eigenvalue weighted by molar-refractivity contribution is -0.144. The summed E-state index contributed by atoms with van der Waals surface area (Å²) in [6.07, 6.45) is 1.71. The number of esters is 1. The second-order valence-electron chi connectivity index (χ2n) is 7.55. The maximum absolute atomic E-state index is 12.9. The Bertz CT molecular complexity index is 1450. The number of nitrogens with one attached hydrogen (secondary N) is 2. The molecule has 0 fully saturated rings. The second-order valence-corrected chi connectivity index (χ2v) is 8.37. The van der Waals surface area contributed by atoms with E-state index in [4.69, 9.17) is 23.2 Å². The molecule has 35 heavy (non-hydrogen) atoms. The summed E-state index contributed by atoms with van der Waals surface area (Å²) in [7, 11) is 0. The number of amides is 2. The molecule has 2 N–H and O–H groups in total. The van der Waals surface area contributed by atoms with Crippen LogP contribution in [0.4, 0.5) is 11.4 Å². The van der Waals surface area contributed by atoms with Gasteiger partial charge in [-0.3, -0.25) is 19.4 Å². The molecule has 0 atom stereocenters. The van der Waals surface area contributed by atoms with Crippen molar-refractivity contribution in [3.05, 3.63) is 88.5 Å². The lowest BCUT2D eigenvalue weighted by atomic mass is 10.0. The first-order valence-corrected chi connectivity index (χ1v) is 11.2. The minimum atomic E-state index is -0.563. The third-order valence-corrected chi connectivity index (χ3v) is 5.70. The Labute approximate surface area is 211 Å². The summed E-state index contributed by atoms with van der Waals surface area (Å²) in [6, 6.07) is 19.3. The van der Waals surface area contributed by atoms with Gasteiger partial charge in [0, 0.05) is 35.4 Å². The van der Waals surface area contributed by atoms with Crippen LogP contribution in [0.15, 0.2) is 72.9 Å². The van der Waals surface area contributed by atoms with Crippen molar-refractivity contribution in [1.82, 2.24) is 4.98 Å². The molecule has 3 aromatic carbocycles. The molecule has 9 heteroatoms. The van der Waals surface area contributed by atoms with Gasteiger partial charge in [-0.05, 0) is 47.9 Å². The number of benzene rings is 3. The number of hydrogen-bond acceptors (Lipinski definition) is 5. The van der Waals surface area contributed by atoms with E-state index in [-0.39, 0.29) is 10.6 Å². The van der Waals surface area contributed by atoms with Crippen molar-refractivity contribution in [3.8, 4) is 11.3 Å². The van der Waals surface area contributed by atoms with Crippen LogP contribution in [0.1, 0.15) is 17.3 Å². The zero-order chi connectivity index (χ0) is 24.9. The van der Waals surface area contributed by atoms with E-state index in [1.807, 2.05) is 30.3 Å². The quantitative estimate of drug-likeness (QED) is 0.313. The Morgan fingerprint density at radius 3 is 2.40 bits per heavy atom. The van der Waals surface area contributed by atoms with E-state index in [0.29, 0.717) is 27.7 Å². The topological polar surface area (TPSA) is 97.4 Å². The monoisotopic (exact) mass is 507 g/mol. The second kappa shape index (κ2) is 10.5. The van der Waals surface area contributed by atoms with E-state index in [1.54, 1.807) is 24.4 Å². The van der Waals surface area contributed by atoms with Gasteiger partial charge in [-0.2, -0.15) is 0 Å². The summed E-state index contributed by atoms with van der Waals surface area (Å²) < 4.78 is 4.65. The molecule has 4 rings (SSSR count). The lowest BCUT2D eigenvalue weighted by Crippen LogP contribution is -2.20. The predicted octanol–water partition coefficient (Wildman–Crippen LogP) is 5.96. The predicted molar refractivity (Wildman–Crippen MR) is 137 cm³/mol. The van der Waals surface area contributed by atoms with Gasteiger partial charge in [0.25, 0.3) is 11.8 Å². The molecular formula is C26H19Cl2N3O4. The SMILES string of the molecule is CC(=O)OCC(=O)Nc1ccc(C(=O)Nc2ccc(Cl)c(-c3nccc4ccccc34)c2)c(Cl)c1. The third-order valence-electron chi connectivity index (χ3n) is 5.06. The molecule has 0 saturated carbocycles. The fourth-order valence-electron chi connectivity index (χ4n) is 3.46. The highest BCUT2D eigenvalue weighted by atomic mass is 35.5. The van der Waals surface area contributed by atoms with E-state index in [9.17, 15) is 14.4 Å².